The molecule has 0 aliphatic carbocycles. The third kappa shape index (κ3) is 2.93. The molecule has 5 nitrogen and oxygen atoms in total. The molecule has 0 bridgehead atoms. The van der Waals surface area contributed by atoms with Crippen molar-refractivity contribution in [2.75, 3.05) is 12.9 Å². The van der Waals surface area contributed by atoms with Crippen molar-refractivity contribution >= 4 is 10.0 Å². The van der Waals surface area contributed by atoms with E-state index in [9.17, 15) is 23.2 Å². The van der Waals surface area contributed by atoms with Gasteiger partial charge in [0.25, 0.3) is 0 Å². The fourth-order valence-electron chi connectivity index (χ4n) is 3.51. The summed E-state index contributed by atoms with van der Waals surface area (Å²) in [6.45, 7) is -0.415. The number of nitriles is 1. The molecule has 0 spiro atoms. The second kappa shape index (κ2) is 6.56. The molecule has 3 rings (SSSR count). The van der Waals surface area contributed by atoms with Crippen LogP contribution < -0.4 is 0 Å². The zero-order valence-corrected chi connectivity index (χ0v) is 14.3. The zero-order valence-electron chi connectivity index (χ0n) is 13.5. The maximum atomic E-state index is 14.2. The van der Waals surface area contributed by atoms with Gasteiger partial charge in [-0.1, -0.05) is 42.5 Å². The number of aliphatic hydroxyl groups excluding tert-OH is 1. The van der Waals surface area contributed by atoms with E-state index in [1.54, 1.807) is 42.5 Å². The number of nitrogens with zero attached hydrogens (tertiary/aromatic N) is 2. The van der Waals surface area contributed by atoms with E-state index in [4.69, 9.17) is 0 Å². The number of hydrogen-bond donors (Lipinski definition) is 1. The Morgan fingerprint density at radius 3 is 2.32 bits per heavy atom. The topological polar surface area (TPSA) is 81.4 Å². The lowest BCUT2D eigenvalue weighted by atomic mass is 9.75. The van der Waals surface area contributed by atoms with Crippen LogP contribution in [0.1, 0.15) is 11.5 Å². The quantitative estimate of drug-likeness (QED) is 0.905. The van der Waals surface area contributed by atoms with Gasteiger partial charge in [-0.15, -0.1) is 0 Å². The standard InChI is InChI=1S/C18H17FN2O3S/c1-25(23,24)21-16(10-20)18(17(21)11-22)14-8-3-2-6-12(14)13-7-4-5-9-15(13)19/h2-9,16-18,22H,11H2,1H3/t16-,17+,18-/m0/s1. The first-order valence-corrected chi connectivity index (χ1v) is 9.57. The Balaban J connectivity index is 2.12. The molecule has 2 aromatic rings. The fraction of sp³-hybridized carbons (Fsp3) is 0.278. The number of benzene rings is 2. The number of rotatable bonds is 4. The van der Waals surface area contributed by atoms with Gasteiger partial charge in [0, 0.05) is 11.5 Å². The molecule has 1 saturated heterocycles. The van der Waals surface area contributed by atoms with Crippen LogP contribution in [0.2, 0.25) is 0 Å². The molecule has 0 aromatic heterocycles. The molecule has 1 aliphatic rings. The molecule has 1 aliphatic heterocycles. The molecule has 25 heavy (non-hydrogen) atoms. The van der Waals surface area contributed by atoms with Crippen LogP contribution in [0.3, 0.4) is 0 Å². The van der Waals surface area contributed by atoms with Crippen LogP contribution in [0.15, 0.2) is 48.5 Å². The van der Waals surface area contributed by atoms with Gasteiger partial charge in [0.05, 0.1) is 25.0 Å². The normalized spacial score (nSPS) is 23.7. The molecule has 2 aromatic carbocycles. The van der Waals surface area contributed by atoms with Gasteiger partial charge in [0.1, 0.15) is 11.9 Å². The summed E-state index contributed by atoms with van der Waals surface area (Å²) in [6.07, 6.45) is 1.01. The minimum absolute atomic E-state index is 0.379. The molecule has 1 fully saturated rings. The van der Waals surface area contributed by atoms with Crippen molar-refractivity contribution in [3.63, 3.8) is 0 Å². The Labute approximate surface area is 146 Å². The molecule has 1 N–H and O–H groups in total. The molecular formula is C18H17FN2O3S. The fourth-order valence-corrected chi connectivity index (χ4v) is 4.79. The van der Waals surface area contributed by atoms with E-state index in [-0.39, 0.29) is 0 Å². The predicted molar refractivity (Wildman–Crippen MR) is 91.5 cm³/mol. The van der Waals surface area contributed by atoms with Crippen LogP contribution in [-0.4, -0.2) is 42.8 Å². The van der Waals surface area contributed by atoms with Crippen molar-refractivity contribution in [1.29, 1.82) is 5.26 Å². The first-order chi connectivity index (χ1) is 11.9. The van der Waals surface area contributed by atoms with E-state index in [0.29, 0.717) is 16.7 Å². The number of hydrogen-bond acceptors (Lipinski definition) is 4. The van der Waals surface area contributed by atoms with Crippen molar-refractivity contribution < 1.29 is 17.9 Å². The van der Waals surface area contributed by atoms with E-state index in [1.165, 1.54) is 6.07 Å². The third-order valence-corrected chi connectivity index (χ3v) is 5.81. The highest BCUT2D eigenvalue weighted by atomic mass is 32.2. The monoisotopic (exact) mass is 360 g/mol. The summed E-state index contributed by atoms with van der Waals surface area (Å²) in [6, 6.07) is 13.6. The number of sulfonamides is 1. The number of aliphatic hydroxyl groups is 1. The lowest BCUT2D eigenvalue weighted by Crippen LogP contribution is -2.64. The minimum Gasteiger partial charge on any atom is -0.395 e. The van der Waals surface area contributed by atoms with Crippen LogP contribution in [0.5, 0.6) is 0 Å². The smallest absolute Gasteiger partial charge is 0.212 e. The number of halogens is 1. The summed E-state index contributed by atoms with van der Waals surface area (Å²) >= 11 is 0. The lowest BCUT2D eigenvalue weighted by Gasteiger charge is -2.50. The first-order valence-electron chi connectivity index (χ1n) is 7.73. The molecule has 0 amide bonds. The average molecular weight is 360 g/mol. The molecule has 0 unspecified atom stereocenters. The zero-order chi connectivity index (χ0) is 18.2. The summed E-state index contributed by atoms with van der Waals surface area (Å²) in [5.41, 5.74) is 1.62. The maximum Gasteiger partial charge on any atom is 0.212 e. The molecule has 1 heterocycles. The highest BCUT2D eigenvalue weighted by Gasteiger charge is 2.54. The lowest BCUT2D eigenvalue weighted by molar-refractivity contribution is 0.0566. The van der Waals surface area contributed by atoms with E-state index in [2.05, 4.69) is 0 Å². The van der Waals surface area contributed by atoms with Gasteiger partial charge in [0.2, 0.25) is 10.0 Å². The van der Waals surface area contributed by atoms with Crippen LogP contribution in [-0.2, 0) is 10.0 Å². The second-order valence-corrected chi connectivity index (χ2v) is 7.90. The average Bonchev–Trinajstić information content (AvgIpc) is 2.54. The van der Waals surface area contributed by atoms with E-state index < -0.39 is 40.4 Å². The van der Waals surface area contributed by atoms with Gasteiger partial charge >= 0.3 is 0 Å². The van der Waals surface area contributed by atoms with Gasteiger partial charge in [0.15, 0.2) is 0 Å². The molecular weight excluding hydrogens is 343 g/mol. The maximum absolute atomic E-state index is 14.2. The Morgan fingerprint density at radius 2 is 1.76 bits per heavy atom. The molecule has 0 saturated carbocycles. The second-order valence-electron chi connectivity index (χ2n) is 6.01. The van der Waals surface area contributed by atoms with Gasteiger partial charge in [-0.25, -0.2) is 12.8 Å². The van der Waals surface area contributed by atoms with Crippen molar-refractivity contribution in [1.82, 2.24) is 4.31 Å². The predicted octanol–water partition coefficient (Wildman–Crippen LogP) is 2.10. The highest BCUT2D eigenvalue weighted by Crippen LogP contribution is 2.45. The molecule has 130 valence electrons. The Kier molecular flexibility index (Phi) is 4.60. The van der Waals surface area contributed by atoms with Crippen molar-refractivity contribution in [3.05, 3.63) is 59.9 Å². The Morgan fingerprint density at radius 1 is 1.16 bits per heavy atom. The van der Waals surface area contributed by atoms with E-state index in [0.717, 1.165) is 10.6 Å². The third-order valence-electron chi connectivity index (χ3n) is 4.54. The molecule has 7 heteroatoms. The van der Waals surface area contributed by atoms with Gasteiger partial charge in [-0.3, -0.25) is 0 Å². The largest absolute Gasteiger partial charge is 0.395 e. The SMILES string of the molecule is CS(=O)(=O)N1[C@H](CO)[C@@H](c2ccccc2-c2ccccc2F)[C@@H]1C#N. The Bertz CT molecular complexity index is 939. The van der Waals surface area contributed by atoms with E-state index in [1.807, 2.05) is 6.07 Å². The Hall–Kier alpha value is -2.27. The molecule has 3 atom stereocenters. The van der Waals surface area contributed by atoms with Crippen molar-refractivity contribution in [2.45, 2.75) is 18.0 Å². The highest BCUT2D eigenvalue weighted by molar-refractivity contribution is 7.88. The first kappa shape index (κ1) is 17.5. The van der Waals surface area contributed by atoms with Crippen LogP contribution >= 0.6 is 0 Å². The summed E-state index contributed by atoms with van der Waals surface area (Å²) in [7, 11) is -3.64. The summed E-state index contributed by atoms with van der Waals surface area (Å²) in [4.78, 5) is 0. The van der Waals surface area contributed by atoms with Crippen LogP contribution in [0.4, 0.5) is 4.39 Å². The van der Waals surface area contributed by atoms with Crippen molar-refractivity contribution in [2.24, 2.45) is 0 Å². The van der Waals surface area contributed by atoms with Gasteiger partial charge in [-0.2, -0.15) is 9.57 Å². The summed E-state index contributed by atoms with van der Waals surface area (Å²) in [5.74, 6) is -0.927. The molecule has 0 radical (unpaired) electrons. The van der Waals surface area contributed by atoms with Crippen LogP contribution in [0.25, 0.3) is 11.1 Å². The van der Waals surface area contributed by atoms with E-state index >= 15 is 0 Å². The van der Waals surface area contributed by atoms with Gasteiger partial charge in [-0.05, 0) is 17.2 Å². The summed E-state index contributed by atoms with van der Waals surface area (Å²) < 4.78 is 39.2. The minimum atomic E-state index is -3.64. The van der Waals surface area contributed by atoms with Gasteiger partial charge < -0.3 is 5.11 Å². The summed E-state index contributed by atoms with van der Waals surface area (Å²) in [5, 5.41) is 19.2. The van der Waals surface area contributed by atoms with Crippen molar-refractivity contribution in [3.8, 4) is 17.2 Å². The van der Waals surface area contributed by atoms with Crippen LogP contribution in [0, 0.1) is 17.1 Å².